The minimum atomic E-state index is -1.74. The zero-order chi connectivity index (χ0) is 40.1. The lowest BCUT2D eigenvalue weighted by Crippen LogP contribution is -2.52. The largest absolute Gasteiger partial charge is 0.495 e. The molecule has 0 saturated heterocycles. The number of amides is 2. The van der Waals surface area contributed by atoms with Crippen LogP contribution < -0.4 is 15.4 Å². The number of hydrogen-bond acceptors (Lipinski definition) is 8. The second-order valence-corrected chi connectivity index (χ2v) is 14.2. The maximum Gasteiger partial charge on any atom is 0.339 e. The van der Waals surface area contributed by atoms with E-state index in [2.05, 4.69) is 53.2 Å². The first-order chi connectivity index (χ1) is 27.0. The van der Waals surface area contributed by atoms with Crippen LogP contribution in [0, 0.1) is 0 Å². The van der Waals surface area contributed by atoms with E-state index in [0.29, 0.717) is 30.0 Å². The summed E-state index contributed by atoms with van der Waals surface area (Å²) >= 11 is 0. The molecule has 2 amide bonds. The van der Waals surface area contributed by atoms with E-state index in [9.17, 15) is 14.4 Å². The molecular weight excluding hydrogens is 703 g/mol. The van der Waals surface area contributed by atoms with Gasteiger partial charge in [-0.05, 0) is 78.9 Å². The summed E-state index contributed by atoms with van der Waals surface area (Å²) in [6.45, 7) is 12.3. The average Bonchev–Trinajstić information content (AvgIpc) is 3.23. The molecule has 10 nitrogen and oxygen atoms in total. The molecule has 0 aliphatic heterocycles. The maximum atomic E-state index is 14.5. The number of rotatable bonds is 18. The first-order valence-electron chi connectivity index (χ1n) is 19.2. The van der Waals surface area contributed by atoms with Crippen LogP contribution in [-0.4, -0.2) is 59.4 Å². The van der Waals surface area contributed by atoms with E-state index in [0.717, 1.165) is 35.3 Å². The zero-order valence-electron chi connectivity index (χ0n) is 33.2. The summed E-state index contributed by atoms with van der Waals surface area (Å²) in [5.74, 6) is -0.918. The number of nitrogens with one attached hydrogen (secondary N) is 2. The molecule has 5 aromatic rings. The number of hydrogen-bond donors (Lipinski definition) is 2. The molecular formula is C46H53N5O5. The molecule has 3 aromatic carbocycles. The second kappa shape index (κ2) is 19.6. The van der Waals surface area contributed by atoms with Gasteiger partial charge in [0, 0.05) is 18.3 Å². The van der Waals surface area contributed by atoms with Gasteiger partial charge in [-0.15, -0.1) is 0 Å². The molecule has 3 unspecified atom stereocenters. The summed E-state index contributed by atoms with van der Waals surface area (Å²) in [6, 6.07) is 33.4. The summed E-state index contributed by atoms with van der Waals surface area (Å²) in [5.41, 5.74) is 3.60. The van der Waals surface area contributed by atoms with Gasteiger partial charge in [0.05, 0.1) is 37.2 Å². The number of esters is 1. The highest BCUT2D eigenvalue weighted by atomic mass is 16.6. The lowest BCUT2D eigenvalue weighted by Gasteiger charge is -2.31. The predicted molar refractivity (Wildman–Crippen MR) is 219 cm³/mol. The van der Waals surface area contributed by atoms with E-state index in [1.54, 1.807) is 62.8 Å². The highest BCUT2D eigenvalue weighted by molar-refractivity contribution is 5.92. The van der Waals surface area contributed by atoms with Crippen molar-refractivity contribution >= 4 is 17.8 Å². The van der Waals surface area contributed by atoms with E-state index in [1.165, 1.54) is 0 Å². The van der Waals surface area contributed by atoms with Gasteiger partial charge in [-0.3, -0.25) is 19.6 Å². The number of aromatic nitrogens is 2. The third-order valence-electron chi connectivity index (χ3n) is 10.1. The fourth-order valence-corrected chi connectivity index (χ4v) is 6.50. The Kier molecular flexibility index (Phi) is 14.5. The van der Waals surface area contributed by atoms with Gasteiger partial charge < -0.3 is 25.0 Å². The Morgan fingerprint density at radius 1 is 0.786 bits per heavy atom. The maximum absolute atomic E-state index is 14.5. The first-order valence-corrected chi connectivity index (χ1v) is 19.2. The minimum absolute atomic E-state index is 0.00836. The van der Waals surface area contributed by atoms with E-state index in [-0.39, 0.29) is 18.0 Å². The number of pyridine rings is 2. The number of methoxy groups -OCH3 is 1. The van der Waals surface area contributed by atoms with E-state index in [4.69, 9.17) is 9.47 Å². The van der Waals surface area contributed by atoms with Crippen LogP contribution in [0.4, 0.5) is 0 Å². The third kappa shape index (κ3) is 10.7. The number of carbonyl (C=O) groups excluding carboxylic acids is 3. The zero-order valence-corrected chi connectivity index (χ0v) is 33.2. The SMILES string of the molecule is CCN(CC)CCC(NC(=O)C(OC(=O)C(C)(NC(=O)Cc1ccc(-c2ccccc2)cc1)c1ccccn1)c1ccc(C(C)C)cc1)c1ccc(OC)cn1. The molecule has 2 N–H and O–H groups in total. The Morgan fingerprint density at radius 3 is 2.04 bits per heavy atom. The Hall–Kier alpha value is -5.87. The van der Waals surface area contributed by atoms with Crippen molar-refractivity contribution < 1.29 is 23.9 Å². The molecule has 5 rings (SSSR count). The Balaban J connectivity index is 1.43. The number of carbonyl (C=O) groups is 3. The monoisotopic (exact) mass is 755 g/mol. The molecule has 0 radical (unpaired) electrons. The molecule has 292 valence electrons. The lowest BCUT2D eigenvalue weighted by molar-refractivity contribution is -0.164. The summed E-state index contributed by atoms with van der Waals surface area (Å²) in [4.78, 5) is 54.1. The lowest BCUT2D eigenvalue weighted by atomic mass is 9.95. The van der Waals surface area contributed by atoms with E-state index in [1.807, 2.05) is 72.8 Å². The molecule has 10 heteroatoms. The minimum Gasteiger partial charge on any atom is -0.495 e. The summed E-state index contributed by atoms with van der Waals surface area (Å²) < 4.78 is 11.5. The molecule has 2 aromatic heterocycles. The van der Waals surface area contributed by atoms with Crippen molar-refractivity contribution in [2.45, 2.75) is 71.1 Å². The van der Waals surface area contributed by atoms with Gasteiger partial charge in [-0.25, -0.2) is 4.79 Å². The summed E-state index contributed by atoms with van der Waals surface area (Å²) in [6.07, 6.45) is 2.38. The van der Waals surface area contributed by atoms with Crippen molar-refractivity contribution in [1.82, 2.24) is 25.5 Å². The average molecular weight is 756 g/mol. The fraction of sp³-hybridized carbons (Fsp3) is 0.326. The van der Waals surface area contributed by atoms with Crippen molar-refractivity contribution in [2.24, 2.45) is 0 Å². The molecule has 0 aliphatic rings. The standard InChI is InChI=1S/C46H53N5O5/c1-7-51(8-2)29-27-40(39-26-25-38(55-6)31-48-39)49-44(53)43(37-23-21-34(22-24-37)32(3)4)56-45(54)46(5,41-16-12-13-28-47-41)50-42(52)30-33-17-19-36(20-18-33)35-14-10-9-11-15-35/h9-26,28,31-32,40,43H,7-8,27,29-30H2,1-6H3,(H,49,53)(H,50,52). The van der Waals surface area contributed by atoms with Crippen molar-refractivity contribution in [1.29, 1.82) is 0 Å². The highest BCUT2D eigenvalue weighted by Crippen LogP contribution is 2.29. The number of benzene rings is 3. The van der Waals surface area contributed by atoms with Crippen LogP contribution >= 0.6 is 0 Å². The second-order valence-electron chi connectivity index (χ2n) is 14.2. The molecule has 0 spiro atoms. The van der Waals surface area contributed by atoms with Crippen molar-refractivity contribution in [3.8, 4) is 16.9 Å². The van der Waals surface area contributed by atoms with Crippen LogP contribution in [0.2, 0.25) is 0 Å². The topological polar surface area (TPSA) is 123 Å². The smallest absolute Gasteiger partial charge is 0.339 e. The van der Waals surface area contributed by atoms with E-state index >= 15 is 0 Å². The van der Waals surface area contributed by atoms with Crippen LogP contribution in [-0.2, 0) is 31.1 Å². The third-order valence-corrected chi connectivity index (χ3v) is 10.1. The van der Waals surface area contributed by atoms with Crippen LogP contribution in [0.25, 0.3) is 11.1 Å². The number of nitrogens with zero attached hydrogens (tertiary/aromatic N) is 3. The van der Waals surface area contributed by atoms with Crippen LogP contribution in [0.3, 0.4) is 0 Å². The van der Waals surface area contributed by atoms with Gasteiger partial charge in [0.2, 0.25) is 12.0 Å². The van der Waals surface area contributed by atoms with Crippen molar-refractivity contribution in [3.05, 3.63) is 150 Å². The van der Waals surface area contributed by atoms with Crippen molar-refractivity contribution in [3.63, 3.8) is 0 Å². The van der Waals surface area contributed by atoms with Crippen LogP contribution in [0.1, 0.15) is 87.2 Å². The Morgan fingerprint density at radius 2 is 1.45 bits per heavy atom. The molecule has 0 aliphatic carbocycles. The first kappa shape index (κ1) is 41.3. The van der Waals surface area contributed by atoms with Gasteiger partial charge in [-0.2, -0.15) is 0 Å². The molecule has 0 fully saturated rings. The fourth-order valence-electron chi connectivity index (χ4n) is 6.50. The van der Waals surface area contributed by atoms with Crippen LogP contribution in [0.5, 0.6) is 5.75 Å². The summed E-state index contributed by atoms with van der Waals surface area (Å²) in [5, 5.41) is 6.06. The Labute approximate surface area is 330 Å². The molecule has 3 atom stereocenters. The highest BCUT2D eigenvalue weighted by Gasteiger charge is 2.42. The van der Waals surface area contributed by atoms with Crippen LogP contribution in [0.15, 0.2) is 122 Å². The van der Waals surface area contributed by atoms with E-state index < -0.39 is 35.5 Å². The molecule has 0 bridgehead atoms. The normalized spacial score (nSPS) is 13.4. The van der Waals surface area contributed by atoms with Gasteiger partial charge >= 0.3 is 5.97 Å². The molecule has 0 saturated carbocycles. The number of ether oxygens (including phenoxy) is 2. The predicted octanol–water partition coefficient (Wildman–Crippen LogP) is 7.72. The molecule has 56 heavy (non-hydrogen) atoms. The van der Waals surface area contributed by atoms with Gasteiger partial charge in [0.25, 0.3) is 5.91 Å². The van der Waals surface area contributed by atoms with Gasteiger partial charge in [0.1, 0.15) is 5.75 Å². The van der Waals surface area contributed by atoms with Gasteiger partial charge in [0.15, 0.2) is 5.54 Å². The van der Waals surface area contributed by atoms with Gasteiger partial charge in [-0.1, -0.05) is 113 Å². The quantitative estimate of drug-likeness (QED) is 0.0873. The summed E-state index contributed by atoms with van der Waals surface area (Å²) in [7, 11) is 1.57. The Bertz CT molecular complexity index is 2000. The molecule has 2 heterocycles. The van der Waals surface area contributed by atoms with Crippen molar-refractivity contribution in [2.75, 3.05) is 26.7 Å².